The number of fused-ring (bicyclic) bond motifs is 1. The first kappa shape index (κ1) is 20.2. The number of hydrogen-bond acceptors (Lipinski definition) is 4. The molecule has 3 N–H and O–H groups in total. The molecule has 1 aliphatic rings. The highest BCUT2D eigenvalue weighted by molar-refractivity contribution is 5.99. The van der Waals surface area contributed by atoms with Gasteiger partial charge >= 0.3 is 0 Å². The van der Waals surface area contributed by atoms with Gasteiger partial charge in [0.05, 0.1) is 0 Å². The third kappa shape index (κ3) is 4.16. The van der Waals surface area contributed by atoms with E-state index in [0.717, 1.165) is 36.0 Å². The average molecular weight is 401 g/mol. The number of furan rings is 1. The largest absolute Gasteiger partial charge is 0.489 e. The van der Waals surface area contributed by atoms with E-state index in [9.17, 15) is 4.79 Å². The highest BCUT2D eigenvalue weighted by Gasteiger charge is 2.30. The van der Waals surface area contributed by atoms with E-state index in [4.69, 9.17) is 14.9 Å². The Balaban J connectivity index is 0.00000225. The molecule has 148 valence electrons. The molecule has 0 bridgehead atoms. The summed E-state index contributed by atoms with van der Waals surface area (Å²) in [6.07, 6.45) is 3.12. The predicted molar refractivity (Wildman–Crippen MR) is 112 cm³/mol. The lowest BCUT2D eigenvalue weighted by Crippen LogP contribution is -2.40. The number of carbonyl (C=O) groups excluding carboxylic acids is 1. The Kier molecular flexibility index (Phi) is 6.60. The van der Waals surface area contributed by atoms with Crippen molar-refractivity contribution in [3.8, 4) is 5.75 Å². The van der Waals surface area contributed by atoms with Crippen LogP contribution < -0.4 is 15.8 Å². The summed E-state index contributed by atoms with van der Waals surface area (Å²) in [7, 11) is 0. The van der Waals surface area contributed by atoms with E-state index in [1.54, 1.807) is 0 Å². The lowest BCUT2D eigenvalue weighted by molar-refractivity contribution is 0.0899. The molecular formula is C22H25ClN2O3. The average Bonchev–Trinajstić information content (AvgIpc) is 3.31. The van der Waals surface area contributed by atoms with Gasteiger partial charge in [0.2, 0.25) is 0 Å². The predicted octanol–water partition coefficient (Wildman–Crippen LogP) is 4.29. The van der Waals surface area contributed by atoms with Crippen molar-refractivity contribution in [3.05, 3.63) is 65.9 Å². The first-order valence-electron chi connectivity index (χ1n) is 9.45. The summed E-state index contributed by atoms with van der Waals surface area (Å²) in [5, 5.41) is 4.03. The highest BCUT2D eigenvalue weighted by Crippen LogP contribution is 2.29. The van der Waals surface area contributed by atoms with E-state index in [2.05, 4.69) is 5.32 Å². The van der Waals surface area contributed by atoms with Crippen LogP contribution in [0.4, 0.5) is 0 Å². The molecule has 1 heterocycles. The Morgan fingerprint density at radius 3 is 2.64 bits per heavy atom. The standard InChI is InChI=1S/C22H24N2O3.ClH/c23-13-15-7-6-11-19(15)24-22(25)21-18(14-26-16-8-2-1-3-9-16)17-10-4-5-12-20(17)27-21;/h1-5,8-10,12,15,19H,6-7,11,13-14,23H2,(H,24,25);1H. The molecule has 1 aliphatic carbocycles. The van der Waals surface area contributed by atoms with Crippen molar-refractivity contribution in [1.29, 1.82) is 0 Å². The maximum Gasteiger partial charge on any atom is 0.287 e. The SMILES string of the molecule is Cl.NCC1CCCC1NC(=O)c1oc2ccccc2c1COc1ccccc1. The van der Waals surface area contributed by atoms with Gasteiger partial charge in [-0.05, 0) is 43.5 Å². The second-order valence-electron chi connectivity index (χ2n) is 7.01. The summed E-state index contributed by atoms with van der Waals surface area (Å²) in [4.78, 5) is 13.0. The Morgan fingerprint density at radius 2 is 1.86 bits per heavy atom. The van der Waals surface area contributed by atoms with E-state index in [-0.39, 0.29) is 31.0 Å². The minimum atomic E-state index is -0.191. The van der Waals surface area contributed by atoms with Crippen molar-refractivity contribution < 1.29 is 13.9 Å². The first-order chi connectivity index (χ1) is 13.3. The molecule has 1 saturated carbocycles. The zero-order valence-corrected chi connectivity index (χ0v) is 16.4. The Morgan fingerprint density at radius 1 is 1.11 bits per heavy atom. The third-order valence-corrected chi connectivity index (χ3v) is 5.31. The number of carbonyl (C=O) groups is 1. The van der Waals surface area contributed by atoms with Crippen LogP contribution in [0.5, 0.6) is 5.75 Å². The third-order valence-electron chi connectivity index (χ3n) is 5.31. The van der Waals surface area contributed by atoms with Crippen molar-refractivity contribution in [3.63, 3.8) is 0 Å². The molecule has 0 aliphatic heterocycles. The van der Waals surface area contributed by atoms with Crippen molar-refractivity contribution >= 4 is 29.3 Å². The Bertz CT molecular complexity index is 926. The normalized spacial score (nSPS) is 18.6. The van der Waals surface area contributed by atoms with E-state index < -0.39 is 0 Å². The van der Waals surface area contributed by atoms with Crippen LogP contribution in [-0.4, -0.2) is 18.5 Å². The summed E-state index contributed by atoms with van der Waals surface area (Å²) in [6, 6.07) is 17.3. The molecule has 2 aromatic carbocycles. The fraction of sp³-hybridized carbons (Fsp3) is 0.318. The smallest absolute Gasteiger partial charge is 0.287 e. The van der Waals surface area contributed by atoms with Gasteiger partial charge in [-0.3, -0.25) is 4.79 Å². The molecular weight excluding hydrogens is 376 g/mol. The van der Waals surface area contributed by atoms with Crippen LogP contribution in [0.2, 0.25) is 0 Å². The minimum absolute atomic E-state index is 0. The number of benzene rings is 2. The number of rotatable bonds is 6. The zero-order chi connectivity index (χ0) is 18.6. The van der Waals surface area contributed by atoms with Gasteiger partial charge in [0.25, 0.3) is 5.91 Å². The molecule has 2 unspecified atom stereocenters. The second-order valence-corrected chi connectivity index (χ2v) is 7.01. The number of amides is 1. The number of hydrogen-bond donors (Lipinski definition) is 2. The van der Waals surface area contributed by atoms with Gasteiger partial charge in [-0.2, -0.15) is 0 Å². The fourth-order valence-electron chi connectivity index (χ4n) is 3.84. The summed E-state index contributed by atoms with van der Waals surface area (Å²) in [6.45, 7) is 0.865. The van der Waals surface area contributed by atoms with E-state index >= 15 is 0 Å². The fourth-order valence-corrected chi connectivity index (χ4v) is 3.84. The van der Waals surface area contributed by atoms with Crippen molar-refractivity contribution in [2.24, 2.45) is 11.7 Å². The zero-order valence-electron chi connectivity index (χ0n) is 15.6. The van der Waals surface area contributed by atoms with Crippen LogP contribution in [0.3, 0.4) is 0 Å². The monoisotopic (exact) mass is 400 g/mol. The maximum absolute atomic E-state index is 13.0. The Hall–Kier alpha value is -2.50. The summed E-state index contributed by atoms with van der Waals surface area (Å²) >= 11 is 0. The van der Waals surface area contributed by atoms with Crippen LogP contribution in [0.1, 0.15) is 35.4 Å². The maximum atomic E-state index is 13.0. The molecule has 1 fully saturated rings. The first-order valence-corrected chi connectivity index (χ1v) is 9.45. The van der Waals surface area contributed by atoms with Crippen LogP contribution in [-0.2, 0) is 6.61 Å². The van der Waals surface area contributed by atoms with Gasteiger partial charge in [0, 0.05) is 17.0 Å². The molecule has 0 radical (unpaired) electrons. The quantitative estimate of drug-likeness (QED) is 0.647. The van der Waals surface area contributed by atoms with Crippen LogP contribution >= 0.6 is 12.4 Å². The summed E-state index contributed by atoms with van der Waals surface area (Å²) in [5.41, 5.74) is 7.31. The van der Waals surface area contributed by atoms with Gasteiger partial charge in [0.15, 0.2) is 5.76 Å². The lowest BCUT2D eigenvalue weighted by atomic mass is 10.0. The molecule has 1 amide bonds. The minimum Gasteiger partial charge on any atom is -0.489 e. The van der Waals surface area contributed by atoms with Gasteiger partial charge in [-0.25, -0.2) is 0 Å². The van der Waals surface area contributed by atoms with Crippen molar-refractivity contribution in [2.45, 2.75) is 31.9 Å². The molecule has 0 saturated heterocycles. The van der Waals surface area contributed by atoms with Gasteiger partial charge in [-0.15, -0.1) is 12.4 Å². The summed E-state index contributed by atoms with van der Waals surface area (Å²) < 4.78 is 11.8. The Labute approximate surface area is 170 Å². The van der Waals surface area contributed by atoms with Crippen LogP contribution in [0.15, 0.2) is 59.0 Å². The van der Waals surface area contributed by atoms with E-state index in [0.29, 0.717) is 23.8 Å². The van der Waals surface area contributed by atoms with E-state index in [1.165, 1.54) is 0 Å². The second kappa shape index (κ2) is 9.13. The van der Waals surface area contributed by atoms with Gasteiger partial charge < -0.3 is 20.2 Å². The number of ether oxygens (including phenoxy) is 1. The molecule has 1 aromatic heterocycles. The molecule has 4 rings (SSSR count). The molecule has 5 nitrogen and oxygen atoms in total. The lowest BCUT2D eigenvalue weighted by Gasteiger charge is -2.19. The molecule has 2 atom stereocenters. The number of nitrogens with two attached hydrogens (primary N) is 1. The number of nitrogens with one attached hydrogen (secondary N) is 1. The molecule has 6 heteroatoms. The van der Waals surface area contributed by atoms with Crippen LogP contribution in [0, 0.1) is 5.92 Å². The summed E-state index contributed by atoms with van der Waals surface area (Å²) in [5.74, 6) is 1.23. The van der Waals surface area contributed by atoms with Crippen molar-refractivity contribution in [2.75, 3.05) is 6.54 Å². The number of halogens is 1. The van der Waals surface area contributed by atoms with Gasteiger partial charge in [0.1, 0.15) is 17.9 Å². The van der Waals surface area contributed by atoms with E-state index in [1.807, 2.05) is 54.6 Å². The van der Waals surface area contributed by atoms with Crippen molar-refractivity contribution in [1.82, 2.24) is 5.32 Å². The highest BCUT2D eigenvalue weighted by atomic mass is 35.5. The molecule has 0 spiro atoms. The van der Waals surface area contributed by atoms with Gasteiger partial charge in [-0.1, -0.05) is 42.8 Å². The topological polar surface area (TPSA) is 77.5 Å². The van der Waals surface area contributed by atoms with Crippen LogP contribution in [0.25, 0.3) is 11.0 Å². The molecule has 28 heavy (non-hydrogen) atoms. The molecule has 3 aromatic rings. The number of para-hydroxylation sites is 2.